The van der Waals surface area contributed by atoms with Crippen LogP contribution >= 0.6 is 34.4 Å². The number of carbonyl (C=O) groups is 3. The molecule has 2 fully saturated rings. The van der Waals surface area contributed by atoms with Crippen LogP contribution in [-0.4, -0.2) is 59.7 Å². The van der Waals surface area contributed by atoms with Crippen LogP contribution < -0.4 is 9.47 Å². The van der Waals surface area contributed by atoms with Gasteiger partial charge in [-0.1, -0.05) is 6.92 Å². The van der Waals surface area contributed by atoms with E-state index in [0.29, 0.717) is 42.7 Å². The third kappa shape index (κ3) is 5.94. The summed E-state index contributed by atoms with van der Waals surface area (Å²) in [5, 5.41) is -0.413. The number of halogens is 1. The molecule has 3 amide bonds. The molecule has 3 rings (SSSR count). The lowest BCUT2D eigenvalue weighted by molar-refractivity contribution is -0.136. The number of ether oxygens (including phenoxy) is 2. The van der Waals surface area contributed by atoms with Crippen LogP contribution in [0.3, 0.4) is 0 Å². The van der Waals surface area contributed by atoms with Gasteiger partial charge in [0.1, 0.15) is 6.54 Å². The van der Waals surface area contributed by atoms with Crippen LogP contribution in [0.4, 0.5) is 4.79 Å². The van der Waals surface area contributed by atoms with E-state index in [2.05, 4.69) is 22.6 Å². The molecule has 2 aliphatic rings. The molecular weight excluding hydrogens is 531 g/mol. The lowest BCUT2D eigenvalue weighted by Gasteiger charge is -2.27. The number of piperidine rings is 1. The van der Waals surface area contributed by atoms with E-state index in [0.717, 1.165) is 51.5 Å². The highest BCUT2D eigenvalue weighted by molar-refractivity contribution is 14.1. The van der Waals surface area contributed by atoms with E-state index < -0.39 is 11.1 Å². The van der Waals surface area contributed by atoms with E-state index in [9.17, 15) is 14.4 Å². The molecular formula is C22H27IN2O5S. The Morgan fingerprint density at radius 2 is 1.90 bits per heavy atom. The summed E-state index contributed by atoms with van der Waals surface area (Å²) in [6, 6.07) is 3.70. The highest BCUT2D eigenvalue weighted by Crippen LogP contribution is 2.37. The highest BCUT2D eigenvalue weighted by atomic mass is 127. The van der Waals surface area contributed by atoms with Gasteiger partial charge >= 0.3 is 0 Å². The van der Waals surface area contributed by atoms with Gasteiger partial charge in [-0.05, 0) is 90.7 Å². The summed E-state index contributed by atoms with van der Waals surface area (Å²) in [6.07, 6.45) is 5.59. The smallest absolute Gasteiger partial charge is 0.294 e. The molecule has 0 bridgehead atoms. The summed E-state index contributed by atoms with van der Waals surface area (Å²) >= 11 is 3.04. The van der Waals surface area contributed by atoms with Crippen LogP contribution in [0.5, 0.6) is 11.5 Å². The number of imide groups is 1. The van der Waals surface area contributed by atoms with E-state index in [1.807, 2.05) is 26.0 Å². The minimum atomic E-state index is -0.431. The van der Waals surface area contributed by atoms with E-state index >= 15 is 0 Å². The summed E-state index contributed by atoms with van der Waals surface area (Å²) in [5.74, 6) is 0.684. The maximum absolute atomic E-state index is 12.8. The van der Waals surface area contributed by atoms with Gasteiger partial charge in [0, 0.05) is 13.1 Å². The van der Waals surface area contributed by atoms with Gasteiger partial charge in [-0.15, -0.1) is 0 Å². The fraction of sp³-hybridized carbons (Fsp3) is 0.500. The Bertz CT molecular complexity index is 883. The molecule has 0 unspecified atom stereocenters. The molecule has 0 N–H and O–H groups in total. The summed E-state index contributed by atoms with van der Waals surface area (Å²) in [5.41, 5.74) is 0.740. The van der Waals surface area contributed by atoms with Crippen molar-refractivity contribution < 1.29 is 23.9 Å². The topological polar surface area (TPSA) is 76.2 Å². The summed E-state index contributed by atoms with van der Waals surface area (Å²) in [4.78, 5) is 40.9. The molecule has 2 heterocycles. The van der Waals surface area contributed by atoms with Crippen molar-refractivity contribution in [3.63, 3.8) is 0 Å². The first-order chi connectivity index (χ1) is 14.9. The molecule has 168 valence electrons. The molecule has 1 aromatic rings. The number of amides is 3. The zero-order valence-electron chi connectivity index (χ0n) is 17.8. The fourth-order valence-electron chi connectivity index (χ4n) is 3.44. The summed E-state index contributed by atoms with van der Waals surface area (Å²) < 4.78 is 12.4. The molecule has 0 spiro atoms. The molecule has 1 aromatic carbocycles. The Labute approximate surface area is 200 Å². The third-order valence-corrected chi connectivity index (χ3v) is 6.66. The number of likely N-dealkylation sites (tertiary alicyclic amines) is 1. The minimum absolute atomic E-state index is 0.172. The molecule has 2 saturated heterocycles. The van der Waals surface area contributed by atoms with Gasteiger partial charge < -0.3 is 14.4 Å². The Balaban J connectivity index is 1.77. The number of benzene rings is 1. The van der Waals surface area contributed by atoms with E-state index in [4.69, 9.17) is 9.47 Å². The zero-order valence-corrected chi connectivity index (χ0v) is 20.8. The van der Waals surface area contributed by atoms with Crippen molar-refractivity contribution >= 4 is 57.5 Å². The second kappa shape index (κ2) is 11.2. The lowest BCUT2D eigenvalue weighted by Crippen LogP contribution is -2.44. The number of nitrogens with zero attached hydrogens (tertiary/aromatic N) is 2. The monoisotopic (exact) mass is 558 g/mol. The van der Waals surface area contributed by atoms with Crippen LogP contribution in [0.25, 0.3) is 6.08 Å². The molecule has 0 radical (unpaired) electrons. The van der Waals surface area contributed by atoms with E-state index in [-0.39, 0.29) is 12.5 Å². The Kier molecular flexibility index (Phi) is 8.65. The van der Waals surface area contributed by atoms with E-state index in [1.165, 1.54) is 0 Å². The predicted octanol–water partition coefficient (Wildman–Crippen LogP) is 4.53. The van der Waals surface area contributed by atoms with Gasteiger partial charge in [0.05, 0.1) is 21.7 Å². The van der Waals surface area contributed by atoms with Gasteiger partial charge in [0.25, 0.3) is 11.1 Å². The summed E-state index contributed by atoms with van der Waals surface area (Å²) in [6.45, 7) is 6.18. The number of thioether (sulfide) groups is 1. The Hall–Kier alpha value is -1.75. The zero-order chi connectivity index (χ0) is 22.4. The standard InChI is InChI=1S/C22H27IN2O5S/c1-3-10-30-20-16(23)11-15(12-17(20)29-4-2)13-18-21(27)25(22(28)31-18)14-19(26)24-8-6-5-7-9-24/h11-13H,3-10,14H2,1-2H3/b18-13-. The molecule has 9 heteroatoms. The minimum Gasteiger partial charge on any atom is -0.490 e. The first-order valence-corrected chi connectivity index (χ1v) is 12.5. The van der Waals surface area contributed by atoms with Crippen molar-refractivity contribution in [1.82, 2.24) is 9.80 Å². The second-order valence-corrected chi connectivity index (χ2v) is 9.48. The van der Waals surface area contributed by atoms with Crippen LogP contribution in [0.15, 0.2) is 17.0 Å². The second-order valence-electron chi connectivity index (χ2n) is 7.32. The number of rotatable bonds is 8. The predicted molar refractivity (Wildman–Crippen MR) is 129 cm³/mol. The lowest BCUT2D eigenvalue weighted by atomic mass is 10.1. The first-order valence-electron chi connectivity index (χ1n) is 10.6. The Morgan fingerprint density at radius 3 is 2.58 bits per heavy atom. The van der Waals surface area contributed by atoms with Gasteiger partial charge in [-0.25, -0.2) is 0 Å². The van der Waals surface area contributed by atoms with Crippen molar-refractivity contribution in [2.24, 2.45) is 0 Å². The fourth-order valence-corrected chi connectivity index (χ4v) is 5.06. The van der Waals surface area contributed by atoms with Crippen LogP contribution in [0.2, 0.25) is 0 Å². The highest BCUT2D eigenvalue weighted by Gasteiger charge is 2.37. The average Bonchev–Trinajstić information content (AvgIpc) is 3.01. The first kappa shape index (κ1) is 23.9. The van der Waals surface area contributed by atoms with Crippen LogP contribution in [0, 0.1) is 3.57 Å². The third-order valence-electron chi connectivity index (χ3n) is 4.96. The molecule has 7 nitrogen and oxygen atoms in total. The SMILES string of the molecule is CCCOc1c(I)cc(/C=C2\SC(=O)N(CC(=O)N3CCCCC3)C2=O)cc1OCC. The Morgan fingerprint density at radius 1 is 1.16 bits per heavy atom. The molecule has 0 saturated carbocycles. The molecule has 0 atom stereocenters. The average molecular weight is 558 g/mol. The van der Waals surface area contributed by atoms with Gasteiger partial charge in [0.2, 0.25) is 5.91 Å². The van der Waals surface area contributed by atoms with Crippen molar-refractivity contribution in [3.05, 3.63) is 26.2 Å². The normalized spacial score (nSPS) is 18.1. The van der Waals surface area contributed by atoms with E-state index in [1.54, 1.807) is 11.0 Å². The van der Waals surface area contributed by atoms with Gasteiger partial charge in [-0.2, -0.15) is 0 Å². The van der Waals surface area contributed by atoms with Gasteiger partial charge in [0.15, 0.2) is 11.5 Å². The maximum atomic E-state index is 12.8. The van der Waals surface area contributed by atoms with Gasteiger partial charge in [-0.3, -0.25) is 19.3 Å². The number of hydrogen-bond donors (Lipinski definition) is 0. The van der Waals surface area contributed by atoms with Crippen molar-refractivity contribution in [2.75, 3.05) is 32.8 Å². The molecule has 0 aliphatic carbocycles. The van der Waals surface area contributed by atoms with Crippen LogP contribution in [-0.2, 0) is 9.59 Å². The molecule has 2 aliphatic heterocycles. The maximum Gasteiger partial charge on any atom is 0.294 e. The summed E-state index contributed by atoms with van der Waals surface area (Å²) in [7, 11) is 0. The molecule has 31 heavy (non-hydrogen) atoms. The largest absolute Gasteiger partial charge is 0.490 e. The van der Waals surface area contributed by atoms with Crippen LogP contribution in [0.1, 0.15) is 45.1 Å². The van der Waals surface area contributed by atoms with Crippen molar-refractivity contribution in [2.45, 2.75) is 39.5 Å². The number of hydrogen-bond acceptors (Lipinski definition) is 6. The van der Waals surface area contributed by atoms with Crippen molar-refractivity contribution in [1.29, 1.82) is 0 Å². The molecule has 0 aromatic heterocycles. The quantitative estimate of drug-likeness (QED) is 0.345. The number of carbonyl (C=O) groups excluding carboxylic acids is 3. The van der Waals surface area contributed by atoms with Crippen molar-refractivity contribution in [3.8, 4) is 11.5 Å².